The molecule has 2 N–H and O–H groups in total. The Morgan fingerprint density at radius 1 is 1.44 bits per heavy atom. The Hall–Kier alpha value is 0.104. The van der Waals surface area contributed by atoms with E-state index in [1.54, 1.807) is 0 Å². The first-order valence-corrected chi connectivity index (χ1v) is 2.87. The fourth-order valence-corrected chi connectivity index (χ4v) is 0.354. The van der Waals surface area contributed by atoms with Gasteiger partial charge in [-0.2, -0.15) is 0 Å². The summed E-state index contributed by atoms with van der Waals surface area (Å²) >= 11 is 1.16. The summed E-state index contributed by atoms with van der Waals surface area (Å²) in [7, 11) is 0. The number of nitrogens with two attached hydrogens (primary N) is 1. The van der Waals surface area contributed by atoms with Crippen LogP contribution in [0.2, 0.25) is 0 Å². The molecule has 0 atom stereocenters. The van der Waals surface area contributed by atoms with E-state index in [0.717, 1.165) is 11.7 Å². The van der Waals surface area contributed by atoms with Crippen molar-refractivity contribution in [3.63, 3.8) is 0 Å². The van der Waals surface area contributed by atoms with Crippen molar-refractivity contribution in [1.29, 1.82) is 0 Å². The third-order valence-corrected chi connectivity index (χ3v) is 0.638. The molecule has 1 radical (unpaired) electrons. The van der Waals surface area contributed by atoms with E-state index >= 15 is 0 Å². The summed E-state index contributed by atoms with van der Waals surface area (Å²) in [6, 6.07) is 0. The van der Waals surface area contributed by atoms with Crippen molar-refractivity contribution >= 4 is 11.7 Å². The van der Waals surface area contributed by atoms with Crippen LogP contribution in [0.25, 0.3) is 6.15 Å². The molecule has 1 aromatic rings. The molecule has 51 valence electrons. The van der Waals surface area contributed by atoms with E-state index in [1.807, 2.05) is 13.8 Å². The molecule has 0 aromatic carbocycles. The second kappa shape index (κ2) is 15.7. The topological polar surface area (TPSA) is 59.3 Å². The Balaban J connectivity index is -0.0000000836. The first-order chi connectivity index (χ1) is 3.50. The Morgan fingerprint density at radius 3 is 2.11 bits per heavy atom. The van der Waals surface area contributed by atoms with Crippen LogP contribution < -0.4 is 0 Å². The SMILES string of the molecule is CC.[NH2-].[V+2].[c-]1cnsn1. The zero-order valence-electron chi connectivity index (χ0n) is 5.40. The van der Waals surface area contributed by atoms with Crippen molar-refractivity contribution in [2.75, 3.05) is 0 Å². The molecule has 0 spiro atoms. The van der Waals surface area contributed by atoms with Crippen molar-refractivity contribution in [2.45, 2.75) is 13.8 Å². The quantitative estimate of drug-likeness (QED) is 0.576. The summed E-state index contributed by atoms with van der Waals surface area (Å²) in [5.74, 6) is 0. The van der Waals surface area contributed by atoms with Gasteiger partial charge < -0.3 is 16.7 Å². The van der Waals surface area contributed by atoms with Crippen LogP contribution in [0.4, 0.5) is 0 Å². The van der Waals surface area contributed by atoms with Crippen molar-refractivity contribution in [3.8, 4) is 0 Å². The van der Waals surface area contributed by atoms with Crippen LogP contribution in [0, 0.1) is 6.20 Å². The summed E-state index contributed by atoms with van der Waals surface area (Å²) in [4.78, 5) is 0. The molecule has 1 heterocycles. The molecule has 0 unspecified atom stereocenters. The summed E-state index contributed by atoms with van der Waals surface area (Å²) in [6.07, 6.45) is 4.05. The Labute approximate surface area is 71.7 Å². The van der Waals surface area contributed by atoms with E-state index in [1.165, 1.54) is 6.20 Å². The molecule has 5 heteroatoms. The van der Waals surface area contributed by atoms with Crippen LogP contribution in [0.3, 0.4) is 0 Å². The zero-order valence-corrected chi connectivity index (χ0v) is 7.62. The van der Waals surface area contributed by atoms with Crippen molar-refractivity contribution in [3.05, 3.63) is 18.5 Å². The van der Waals surface area contributed by atoms with Gasteiger partial charge in [0.25, 0.3) is 0 Å². The molecule has 9 heavy (non-hydrogen) atoms. The maximum absolute atomic E-state index is 3.60. The first kappa shape index (κ1) is 16.0. The minimum absolute atomic E-state index is 0. The minimum Gasteiger partial charge on any atom is -0.693 e. The third kappa shape index (κ3) is 11.6. The Kier molecular flexibility index (Phi) is 28.0. The molecular formula is C4H9N3SV. The van der Waals surface area contributed by atoms with Crippen molar-refractivity contribution in [1.82, 2.24) is 8.75 Å². The van der Waals surface area contributed by atoms with Crippen LogP contribution >= 0.6 is 11.7 Å². The van der Waals surface area contributed by atoms with E-state index < -0.39 is 0 Å². The van der Waals surface area contributed by atoms with E-state index in [9.17, 15) is 0 Å². The van der Waals surface area contributed by atoms with Gasteiger partial charge in [-0.15, -0.1) is 6.20 Å². The van der Waals surface area contributed by atoms with Gasteiger partial charge >= 0.3 is 18.6 Å². The largest absolute Gasteiger partial charge is 2.00 e. The summed E-state index contributed by atoms with van der Waals surface area (Å²) < 4.78 is 7.12. The molecule has 0 amide bonds. The molecule has 0 saturated heterocycles. The molecule has 1 rings (SSSR count). The zero-order chi connectivity index (χ0) is 5.54. The molecule has 1 aromatic heterocycles. The van der Waals surface area contributed by atoms with E-state index in [0.29, 0.717) is 0 Å². The maximum atomic E-state index is 3.60. The average Bonchev–Trinajstić information content (AvgIpc) is 2.23. The Morgan fingerprint density at radius 2 is 2.00 bits per heavy atom. The summed E-state index contributed by atoms with van der Waals surface area (Å²) in [6.45, 7) is 4.00. The predicted octanol–water partition coefficient (Wildman–Crippen LogP) is 2.08. The molecule has 0 saturated carbocycles. The minimum atomic E-state index is 0. The first-order valence-electron chi connectivity index (χ1n) is 2.14. The Bertz CT molecular complexity index is 72.3. The number of hydrogen-bond acceptors (Lipinski definition) is 3. The average molecular weight is 182 g/mol. The van der Waals surface area contributed by atoms with Crippen LogP contribution in [-0.2, 0) is 18.6 Å². The second-order valence-corrected chi connectivity index (χ2v) is 1.09. The van der Waals surface area contributed by atoms with Crippen LogP contribution in [0.5, 0.6) is 0 Å². The fourth-order valence-electron chi connectivity index (χ4n) is 0.118. The third-order valence-electron chi connectivity index (χ3n) is 0.251. The number of hydrogen-bond donors (Lipinski definition) is 0. The van der Waals surface area contributed by atoms with Crippen LogP contribution in [0.15, 0.2) is 6.20 Å². The molecule has 0 aliphatic carbocycles. The molecular weight excluding hydrogens is 173 g/mol. The van der Waals surface area contributed by atoms with Crippen molar-refractivity contribution in [2.24, 2.45) is 0 Å². The molecule has 0 fully saturated rings. The van der Waals surface area contributed by atoms with E-state index in [4.69, 9.17) is 0 Å². The second-order valence-electron chi connectivity index (χ2n) is 0.537. The molecule has 3 nitrogen and oxygen atoms in total. The summed E-state index contributed by atoms with van der Waals surface area (Å²) in [5.41, 5.74) is 0. The molecule has 0 bridgehead atoms. The van der Waals surface area contributed by atoms with Crippen LogP contribution in [-0.4, -0.2) is 8.75 Å². The fraction of sp³-hybridized carbons (Fsp3) is 0.500. The number of nitrogens with zero attached hydrogens (tertiary/aromatic N) is 2. The normalized spacial score (nSPS) is 5.11. The van der Waals surface area contributed by atoms with Gasteiger partial charge in [0.1, 0.15) is 0 Å². The molecule has 0 aliphatic rings. The van der Waals surface area contributed by atoms with Gasteiger partial charge in [0, 0.05) is 11.7 Å². The van der Waals surface area contributed by atoms with Gasteiger partial charge in [0.05, 0.1) is 0 Å². The van der Waals surface area contributed by atoms with E-state index in [-0.39, 0.29) is 24.7 Å². The van der Waals surface area contributed by atoms with Gasteiger partial charge in [-0.1, -0.05) is 13.8 Å². The van der Waals surface area contributed by atoms with Crippen molar-refractivity contribution < 1.29 is 18.6 Å². The molecule has 0 aliphatic heterocycles. The predicted molar refractivity (Wildman–Crippen MR) is 35.4 cm³/mol. The number of rotatable bonds is 0. The van der Waals surface area contributed by atoms with E-state index in [2.05, 4.69) is 14.9 Å². The smallest absolute Gasteiger partial charge is 0.693 e. The maximum Gasteiger partial charge on any atom is 2.00 e. The monoisotopic (exact) mass is 182 g/mol. The van der Waals surface area contributed by atoms with Gasteiger partial charge in [-0.05, 0) is 0 Å². The van der Waals surface area contributed by atoms with Gasteiger partial charge in [0.15, 0.2) is 0 Å². The van der Waals surface area contributed by atoms with Crippen LogP contribution in [0.1, 0.15) is 13.8 Å². The number of aromatic nitrogens is 2. The van der Waals surface area contributed by atoms with Gasteiger partial charge in [-0.25, -0.2) is 4.37 Å². The standard InChI is InChI=1S/C2HN2S.C2H6.H2N.V/c1-2-4-5-3-1;1-2;;/h1H;1-2H3;1H2;/q-1;;-1;+2. The summed E-state index contributed by atoms with van der Waals surface area (Å²) in [5, 5.41) is 0. The van der Waals surface area contributed by atoms with Gasteiger partial charge in [0.2, 0.25) is 0 Å². The van der Waals surface area contributed by atoms with Gasteiger partial charge in [-0.3, -0.25) is 0 Å².